The molecule has 0 bridgehead atoms. The van der Waals surface area contributed by atoms with E-state index in [1.165, 1.54) is 102 Å². The highest BCUT2D eigenvalue weighted by Gasteiger charge is 2.06. The SMILES string of the molecule is CCCCCCCCCCCCCCCCCC(Cl)c1ccccc1.N. The quantitative estimate of drug-likeness (QED) is 0.211. The molecule has 3 N–H and O–H groups in total. The van der Waals surface area contributed by atoms with E-state index in [9.17, 15) is 0 Å². The van der Waals surface area contributed by atoms with Gasteiger partial charge in [0.05, 0.1) is 5.38 Å². The van der Waals surface area contributed by atoms with Crippen LogP contribution in [0.1, 0.15) is 121 Å². The van der Waals surface area contributed by atoms with E-state index in [0.29, 0.717) is 0 Å². The first-order valence-electron chi connectivity index (χ1n) is 11.0. The summed E-state index contributed by atoms with van der Waals surface area (Å²) in [4.78, 5) is 0. The van der Waals surface area contributed by atoms with Gasteiger partial charge in [0.2, 0.25) is 0 Å². The van der Waals surface area contributed by atoms with Crippen LogP contribution in [0.15, 0.2) is 30.3 Å². The summed E-state index contributed by atoms with van der Waals surface area (Å²) in [5, 5.41) is 0.197. The van der Waals surface area contributed by atoms with Crippen LogP contribution in [0.5, 0.6) is 0 Å². The van der Waals surface area contributed by atoms with Crippen molar-refractivity contribution >= 4 is 11.6 Å². The first-order chi connectivity index (χ1) is 12.3. The predicted octanol–water partition coefficient (Wildman–Crippen LogP) is 9.39. The highest BCUT2D eigenvalue weighted by molar-refractivity contribution is 6.20. The van der Waals surface area contributed by atoms with Gasteiger partial charge in [0.1, 0.15) is 0 Å². The van der Waals surface area contributed by atoms with Crippen LogP contribution in [0.3, 0.4) is 0 Å². The Kier molecular flexibility index (Phi) is 18.8. The molecule has 0 heterocycles. The van der Waals surface area contributed by atoms with E-state index in [0.717, 1.165) is 6.42 Å². The summed E-state index contributed by atoms with van der Waals surface area (Å²) in [5.74, 6) is 0. The van der Waals surface area contributed by atoms with Crippen LogP contribution in [0.25, 0.3) is 0 Å². The van der Waals surface area contributed by atoms with Gasteiger partial charge in [-0.15, -0.1) is 11.6 Å². The van der Waals surface area contributed by atoms with Crippen molar-refractivity contribution in [1.29, 1.82) is 0 Å². The number of hydrogen-bond donors (Lipinski definition) is 1. The lowest BCUT2D eigenvalue weighted by Gasteiger charge is -2.09. The summed E-state index contributed by atoms with van der Waals surface area (Å²) >= 11 is 6.46. The molecular weight excluding hydrogens is 338 g/mol. The molecule has 0 amide bonds. The van der Waals surface area contributed by atoms with E-state index in [1.807, 2.05) is 0 Å². The lowest BCUT2D eigenvalue weighted by Crippen LogP contribution is -1.90. The molecule has 0 saturated heterocycles. The lowest BCUT2D eigenvalue weighted by molar-refractivity contribution is 0.529. The Morgan fingerprint density at radius 1 is 0.615 bits per heavy atom. The van der Waals surface area contributed by atoms with Gasteiger partial charge in [-0.05, 0) is 12.0 Å². The summed E-state index contributed by atoms with van der Waals surface area (Å²) in [5.41, 5.74) is 1.27. The minimum atomic E-state index is 0. The van der Waals surface area contributed by atoms with Gasteiger partial charge in [-0.3, -0.25) is 0 Å². The summed E-state index contributed by atoms with van der Waals surface area (Å²) in [6.07, 6.45) is 22.4. The number of benzene rings is 1. The van der Waals surface area contributed by atoms with Crippen molar-refractivity contribution in [2.75, 3.05) is 0 Å². The normalized spacial score (nSPS) is 11.9. The zero-order chi connectivity index (χ0) is 18.0. The maximum Gasteiger partial charge on any atom is 0.0585 e. The Balaban J connectivity index is 0.00000625. The molecular formula is C24H44ClN. The smallest absolute Gasteiger partial charge is 0.0585 e. The Morgan fingerprint density at radius 3 is 1.42 bits per heavy atom. The molecule has 0 aliphatic carbocycles. The fourth-order valence-electron chi connectivity index (χ4n) is 3.52. The molecule has 1 unspecified atom stereocenters. The zero-order valence-electron chi connectivity index (χ0n) is 17.4. The molecule has 0 spiro atoms. The number of rotatable bonds is 17. The third-order valence-corrected chi connectivity index (χ3v) is 5.69. The molecule has 2 heteroatoms. The van der Waals surface area contributed by atoms with Crippen LogP contribution in [0, 0.1) is 0 Å². The third kappa shape index (κ3) is 14.6. The average molecular weight is 382 g/mol. The van der Waals surface area contributed by atoms with E-state index in [2.05, 4.69) is 37.3 Å². The van der Waals surface area contributed by atoms with E-state index in [-0.39, 0.29) is 11.5 Å². The lowest BCUT2D eigenvalue weighted by atomic mass is 10.0. The summed E-state index contributed by atoms with van der Waals surface area (Å²) in [7, 11) is 0. The van der Waals surface area contributed by atoms with Gasteiger partial charge in [0, 0.05) is 0 Å². The summed E-state index contributed by atoms with van der Waals surface area (Å²) < 4.78 is 0. The molecule has 0 aliphatic rings. The molecule has 0 radical (unpaired) electrons. The molecule has 0 aliphatic heterocycles. The number of hydrogen-bond acceptors (Lipinski definition) is 1. The van der Waals surface area contributed by atoms with Crippen LogP contribution < -0.4 is 6.15 Å². The van der Waals surface area contributed by atoms with Gasteiger partial charge in [0.15, 0.2) is 0 Å². The largest absolute Gasteiger partial charge is 0.344 e. The van der Waals surface area contributed by atoms with Crippen molar-refractivity contribution in [1.82, 2.24) is 6.15 Å². The monoisotopic (exact) mass is 381 g/mol. The topological polar surface area (TPSA) is 35.0 Å². The van der Waals surface area contributed by atoms with E-state index in [1.54, 1.807) is 0 Å². The summed E-state index contributed by atoms with van der Waals surface area (Å²) in [6.45, 7) is 2.29. The van der Waals surface area contributed by atoms with Crippen LogP contribution in [0.2, 0.25) is 0 Å². The molecule has 1 aromatic rings. The average Bonchev–Trinajstić information content (AvgIpc) is 2.65. The van der Waals surface area contributed by atoms with Gasteiger partial charge < -0.3 is 6.15 Å². The summed E-state index contributed by atoms with van der Waals surface area (Å²) in [6, 6.07) is 10.5. The van der Waals surface area contributed by atoms with E-state index >= 15 is 0 Å². The maximum absolute atomic E-state index is 6.46. The first-order valence-corrected chi connectivity index (χ1v) is 11.5. The minimum Gasteiger partial charge on any atom is -0.344 e. The fraction of sp³-hybridized carbons (Fsp3) is 0.750. The van der Waals surface area contributed by atoms with Crippen LogP contribution in [-0.4, -0.2) is 0 Å². The Labute approximate surface area is 168 Å². The van der Waals surface area contributed by atoms with E-state index in [4.69, 9.17) is 11.6 Å². The molecule has 1 atom stereocenters. The van der Waals surface area contributed by atoms with Gasteiger partial charge in [-0.1, -0.05) is 134 Å². The maximum atomic E-state index is 6.46. The van der Waals surface area contributed by atoms with Gasteiger partial charge in [-0.25, -0.2) is 0 Å². The highest BCUT2D eigenvalue weighted by atomic mass is 35.5. The molecule has 0 saturated carbocycles. The molecule has 26 heavy (non-hydrogen) atoms. The molecule has 0 fully saturated rings. The van der Waals surface area contributed by atoms with Crippen LogP contribution >= 0.6 is 11.6 Å². The van der Waals surface area contributed by atoms with Crippen molar-refractivity contribution in [3.63, 3.8) is 0 Å². The van der Waals surface area contributed by atoms with Crippen molar-refractivity contribution in [2.45, 2.75) is 115 Å². The predicted molar refractivity (Wildman–Crippen MR) is 120 cm³/mol. The second kappa shape index (κ2) is 19.2. The molecule has 1 nitrogen and oxygen atoms in total. The number of halogens is 1. The van der Waals surface area contributed by atoms with Gasteiger partial charge in [0.25, 0.3) is 0 Å². The molecule has 1 rings (SSSR count). The highest BCUT2D eigenvalue weighted by Crippen LogP contribution is 2.26. The van der Waals surface area contributed by atoms with E-state index < -0.39 is 0 Å². The van der Waals surface area contributed by atoms with Gasteiger partial charge in [-0.2, -0.15) is 0 Å². The number of alkyl halides is 1. The molecule has 152 valence electrons. The standard InChI is InChI=1S/C24H41Cl.H3N/c1-2-3-4-5-6-7-8-9-10-11-12-13-14-15-19-22-24(25)23-20-17-16-18-21-23;/h16-18,20-21,24H,2-15,19,22H2,1H3;1H3. The zero-order valence-corrected chi connectivity index (χ0v) is 18.1. The Bertz CT molecular complexity index is 379. The van der Waals surface area contributed by atoms with Crippen molar-refractivity contribution in [2.24, 2.45) is 0 Å². The Hall–Kier alpha value is -0.530. The van der Waals surface area contributed by atoms with Crippen molar-refractivity contribution < 1.29 is 0 Å². The first kappa shape index (κ1) is 25.5. The fourth-order valence-corrected chi connectivity index (χ4v) is 3.82. The van der Waals surface area contributed by atoms with Crippen molar-refractivity contribution in [3.05, 3.63) is 35.9 Å². The number of unbranched alkanes of at least 4 members (excludes halogenated alkanes) is 14. The second-order valence-corrected chi connectivity index (χ2v) is 8.14. The molecule has 0 aromatic heterocycles. The third-order valence-electron chi connectivity index (χ3n) is 5.22. The van der Waals surface area contributed by atoms with Crippen LogP contribution in [0.4, 0.5) is 0 Å². The van der Waals surface area contributed by atoms with Crippen molar-refractivity contribution in [3.8, 4) is 0 Å². The second-order valence-electron chi connectivity index (χ2n) is 7.62. The van der Waals surface area contributed by atoms with Gasteiger partial charge >= 0.3 is 0 Å². The molecule has 1 aromatic carbocycles. The minimum absolute atomic E-state index is 0. The Morgan fingerprint density at radius 2 is 1.00 bits per heavy atom. The van der Waals surface area contributed by atoms with Crippen LogP contribution in [-0.2, 0) is 0 Å².